The van der Waals surface area contributed by atoms with Crippen LogP contribution in [-0.2, 0) is 16.1 Å². The highest BCUT2D eigenvalue weighted by Crippen LogP contribution is 2.39. The molecule has 0 unspecified atom stereocenters. The lowest BCUT2D eigenvalue weighted by molar-refractivity contribution is -0.136. The molecule has 8 nitrogen and oxygen atoms in total. The van der Waals surface area contributed by atoms with Gasteiger partial charge in [-0.15, -0.1) is 6.58 Å². The second-order valence-corrected chi connectivity index (χ2v) is 8.98. The van der Waals surface area contributed by atoms with Crippen molar-refractivity contribution in [2.45, 2.75) is 18.6 Å². The smallest absolute Gasteiger partial charge is 0.322 e. The Bertz CT molecular complexity index is 1390. The summed E-state index contributed by atoms with van der Waals surface area (Å²) >= 11 is 0. The molecule has 192 valence electrons. The van der Waals surface area contributed by atoms with E-state index in [9.17, 15) is 18.8 Å². The van der Waals surface area contributed by atoms with Crippen LogP contribution in [0.4, 0.5) is 9.18 Å². The normalized spacial score (nSPS) is 17.7. The first kappa shape index (κ1) is 24.9. The second kappa shape index (κ2) is 10.7. The van der Waals surface area contributed by atoms with Gasteiger partial charge in [0.1, 0.15) is 11.9 Å². The predicted molar refractivity (Wildman–Crippen MR) is 139 cm³/mol. The van der Waals surface area contributed by atoms with Gasteiger partial charge in [-0.05, 0) is 35.4 Å². The van der Waals surface area contributed by atoms with Crippen molar-refractivity contribution in [3.05, 3.63) is 126 Å². The molecule has 0 saturated heterocycles. The molecule has 9 heteroatoms. The average Bonchev–Trinajstić information content (AvgIpc) is 3.27. The second-order valence-electron chi connectivity index (χ2n) is 8.98. The van der Waals surface area contributed by atoms with Gasteiger partial charge < -0.3 is 15.5 Å². The maximum absolute atomic E-state index is 14.0. The number of benzene rings is 2. The van der Waals surface area contributed by atoms with Crippen LogP contribution in [-0.4, -0.2) is 45.7 Å². The number of hydrogen-bond donors (Lipinski definition) is 2. The van der Waals surface area contributed by atoms with Gasteiger partial charge in [-0.2, -0.15) is 0 Å². The highest BCUT2D eigenvalue weighted by Gasteiger charge is 2.47. The molecule has 38 heavy (non-hydrogen) atoms. The average molecular weight is 512 g/mol. The quantitative estimate of drug-likeness (QED) is 0.452. The fraction of sp³-hybridized carbons (Fsp3) is 0.172. The van der Waals surface area contributed by atoms with E-state index < -0.39 is 23.9 Å². The third-order valence-electron chi connectivity index (χ3n) is 6.61. The summed E-state index contributed by atoms with van der Waals surface area (Å²) in [6.07, 6.45) is 3.22. The molecule has 2 aromatic carbocycles. The van der Waals surface area contributed by atoms with Crippen LogP contribution in [0.15, 0.2) is 103 Å². The lowest BCUT2D eigenvalue weighted by atomic mass is 9.95. The van der Waals surface area contributed by atoms with Crippen LogP contribution in [0.25, 0.3) is 0 Å². The van der Waals surface area contributed by atoms with Crippen molar-refractivity contribution < 1.29 is 18.8 Å². The highest BCUT2D eigenvalue weighted by atomic mass is 19.1. The molecular formula is C29H26FN5O3. The van der Waals surface area contributed by atoms with Crippen molar-refractivity contribution in [2.24, 2.45) is 0 Å². The van der Waals surface area contributed by atoms with Crippen LogP contribution in [0.3, 0.4) is 0 Å². The Kier molecular flexibility index (Phi) is 6.99. The van der Waals surface area contributed by atoms with E-state index in [1.54, 1.807) is 48.7 Å². The molecule has 3 aromatic rings. The summed E-state index contributed by atoms with van der Waals surface area (Å²) in [6, 6.07) is 18.0. The lowest BCUT2D eigenvalue weighted by Gasteiger charge is -2.33. The summed E-state index contributed by atoms with van der Waals surface area (Å²) < 4.78 is 13.6. The lowest BCUT2D eigenvalue weighted by Crippen LogP contribution is -2.47. The molecule has 2 N–H and O–H groups in total. The molecule has 0 fully saturated rings. The first-order valence-corrected chi connectivity index (χ1v) is 12.2. The number of nitrogens with one attached hydrogen (secondary N) is 2. The van der Waals surface area contributed by atoms with Crippen molar-refractivity contribution >= 4 is 17.8 Å². The Hall–Kier alpha value is -4.79. The van der Waals surface area contributed by atoms with Crippen LogP contribution in [0.5, 0.6) is 0 Å². The Morgan fingerprint density at radius 1 is 1.11 bits per heavy atom. The number of urea groups is 1. The van der Waals surface area contributed by atoms with Gasteiger partial charge in [-0.3, -0.25) is 19.5 Å². The van der Waals surface area contributed by atoms with Crippen molar-refractivity contribution in [2.75, 3.05) is 13.1 Å². The monoisotopic (exact) mass is 511 g/mol. The molecule has 2 aliphatic heterocycles. The molecule has 5 rings (SSSR count). The zero-order valence-corrected chi connectivity index (χ0v) is 20.5. The summed E-state index contributed by atoms with van der Waals surface area (Å²) in [7, 11) is 0. The zero-order valence-electron chi connectivity index (χ0n) is 20.5. The first-order valence-electron chi connectivity index (χ1n) is 12.2. The molecule has 3 heterocycles. The maximum Gasteiger partial charge on any atom is 0.322 e. The standard InChI is InChI=1S/C29H26FN5O3/c1-2-16-34-23-18-35(28(37)24(23)25(33-29(34)38)19-11-13-21(30)14-12-19)26(20-8-4-3-5-9-20)27(36)32-17-22-10-6-7-15-31-22/h2-15,25-26H,1,16-18H2,(H,32,36)(H,33,38)/t25-,26-/m1/s1. The van der Waals surface area contributed by atoms with E-state index in [0.717, 1.165) is 0 Å². The maximum atomic E-state index is 14.0. The number of pyridine rings is 1. The van der Waals surface area contributed by atoms with Crippen LogP contribution in [0.1, 0.15) is 28.9 Å². The third-order valence-corrected chi connectivity index (χ3v) is 6.61. The molecule has 4 amide bonds. The molecule has 0 aliphatic carbocycles. The van der Waals surface area contributed by atoms with Gasteiger partial charge in [0.25, 0.3) is 5.91 Å². The first-order chi connectivity index (χ1) is 18.5. The molecule has 0 bridgehead atoms. The van der Waals surface area contributed by atoms with Crippen LogP contribution < -0.4 is 10.6 Å². The van der Waals surface area contributed by atoms with Crippen LogP contribution >= 0.6 is 0 Å². The van der Waals surface area contributed by atoms with E-state index in [1.165, 1.54) is 34.1 Å². The number of carbonyl (C=O) groups excluding carboxylic acids is 3. The number of carbonyl (C=O) groups is 3. The number of rotatable bonds is 8. The minimum absolute atomic E-state index is 0.0453. The van der Waals surface area contributed by atoms with Gasteiger partial charge in [-0.25, -0.2) is 9.18 Å². The topological polar surface area (TPSA) is 94.6 Å². The number of hydrogen-bond acceptors (Lipinski definition) is 4. The van der Waals surface area contributed by atoms with Crippen LogP contribution in [0, 0.1) is 5.82 Å². The van der Waals surface area contributed by atoms with Crippen molar-refractivity contribution in [1.29, 1.82) is 0 Å². The number of aromatic nitrogens is 1. The Labute approximate surface area is 219 Å². The van der Waals surface area contributed by atoms with Crippen molar-refractivity contribution in [1.82, 2.24) is 25.4 Å². The summed E-state index contributed by atoms with van der Waals surface area (Å²) in [5.41, 5.74) is 2.72. The van der Waals surface area contributed by atoms with Gasteiger partial charge in [0.15, 0.2) is 0 Å². The van der Waals surface area contributed by atoms with E-state index in [1.807, 2.05) is 12.1 Å². The largest absolute Gasteiger partial charge is 0.348 e. The van der Waals surface area contributed by atoms with Gasteiger partial charge in [0, 0.05) is 12.7 Å². The molecular weight excluding hydrogens is 485 g/mol. The van der Waals surface area contributed by atoms with E-state index >= 15 is 0 Å². The van der Waals surface area contributed by atoms with Crippen LogP contribution in [0.2, 0.25) is 0 Å². The van der Waals surface area contributed by atoms with E-state index in [-0.39, 0.29) is 31.4 Å². The Morgan fingerprint density at radius 3 is 2.53 bits per heavy atom. The fourth-order valence-electron chi connectivity index (χ4n) is 4.83. The number of nitrogens with zero attached hydrogens (tertiary/aromatic N) is 3. The van der Waals surface area contributed by atoms with Crippen molar-refractivity contribution in [3.63, 3.8) is 0 Å². The fourth-order valence-corrected chi connectivity index (χ4v) is 4.83. The van der Waals surface area contributed by atoms with Gasteiger partial charge >= 0.3 is 6.03 Å². The predicted octanol–water partition coefficient (Wildman–Crippen LogP) is 3.63. The minimum atomic E-state index is -0.951. The molecule has 0 radical (unpaired) electrons. The van der Waals surface area contributed by atoms with Gasteiger partial charge in [-0.1, -0.05) is 54.6 Å². The Morgan fingerprint density at radius 2 is 1.84 bits per heavy atom. The molecule has 1 aromatic heterocycles. The van der Waals surface area contributed by atoms with E-state index in [4.69, 9.17) is 0 Å². The van der Waals surface area contributed by atoms with E-state index in [0.29, 0.717) is 28.1 Å². The molecule has 0 spiro atoms. The van der Waals surface area contributed by atoms with Crippen molar-refractivity contribution in [3.8, 4) is 0 Å². The highest BCUT2D eigenvalue weighted by molar-refractivity contribution is 6.03. The zero-order chi connectivity index (χ0) is 26.6. The summed E-state index contributed by atoms with van der Waals surface area (Å²) in [5.74, 6) is -1.18. The minimum Gasteiger partial charge on any atom is -0.348 e. The van der Waals surface area contributed by atoms with E-state index in [2.05, 4.69) is 22.2 Å². The Balaban J connectivity index is 1.51. The SMILES string of the molecule is C=CCN1C(=O)N[C@H](c2ccc(F)cc2)C2=C1CN([C@@H](C(=O)NCc1ccccn1)c1ccccc1)C2=O. The number of halogens is 1. The summed E-state index contributed by atoms with van der Waals surface area (Å²) in [4.78, 5) is 47.9. The van der Waals surface area contributed by atoms with Gasteiger partial charge in [0.2, 0.25) is 5.91 Å². The number of amides is 4. The third kappa shape index (κ3) is 4.78. The molecule has 2 atom stereocenters. The summed E-state index contributed by atoms with van der Waals surface area (Å²) in [6.45, 7) is 4.16. The van der Waals surface area contributed by atoms with Gasteiger partial charge in [0.05, 0.1) is 36.1 Å². The molecule has 2 aliphatic rings. The summed E-state index contributed by atoms with van der Waals surface area (Å²) in [5, 5.41) is 5.77. The molecule has 0 saturated carbocycles.